The van der Waals surface area contributed by atoms with Gasteiger partial charge in [-0.1, -0.05) is 42.5 Å². The lowest BCUT2D eigenvalue weighted by Crippen LogP contribution is -2.25. The number of ether oxygens (including phenoxy) is 1. The molecule has 1 heterocycles. The first-order valence-electron chi connectivity index (χ1n) is 9.34. The summed E-state index contributed by atoms with van der Waals surface area (Å²) in [6.07, 6.45) is 3.40. The maximum atomic E-state index is 12.6. The van der Waals surface area contributed by atoms with Crippen LogP contribution >= 0.6 is 0 Å². The lowest BCUT2D eigenvalue weighted by molar-refractivity contribution is 0.0950. The average Bonchev–Trinajstić information content (AvgIpc) is 2.77. The van der Waals surface area contributed by atoms with Crippen LogP contribution in [-0.2, 0) is 13.1 Å². The third-order valence-corrected chi connectivity index (χ3v) is 4.56. The van der Waals surface area contributed by atoms with E-state index >= 15 is 0 Å². The van der Waals surface area contributed by atoms with Crippen molar-refractivity contribution in [3.05, 3.63) is 89.7 Å². The first-order valence-corrected chi connectivity index (χ1v) is 9.34. The number of hydrogen-bond acceptors (Lipinski definition) is 4. The topological polar surface area (TPSA) is 54.5 Å². The Labute approximate surface area is 166 Å². The quantitative estimate of drug-likeness (QED) is 0.645. The number of benzene rings is 2. The Hall–Kier alpha value is -3.34. The molecule has 3 rings (SSSR count). The van der Waals surface area contributed by atoms with E-state index < -0.39 is 0 Å². The lowest BCUT2D eigenvalue weighted by atomic mass is 10.1. The third-order valence-electron chi connectivity index (χ3n) is 4.56. The summed E-state index contributed by atoms with van der Waals surface area (Å²) in [6, 6.07) is 19.8. The summed E-state index contributed by atoms with van der Waals surface area (Å²) in [4.78, 5) is 19.0. The predicted octanol–water partition coefficient (Wildman–Crippen LogP) is 4.05. The molecule has 0 fully saturated rings. The molecule has 1 aromatic heterocycles. The Morgan fingerprint density at radius 2 is 1.79 bits per heavy atom. The van der Waals surface area contributed by atoms with E-state index in [-0.39, 0.29) is 5.91 Å². The fraction of sp³-hybridized carbons (Fsp3) is 0.217. The minimum Gasteiger partial charge on any atom is -0.497 e. The Balaban J connectivity index is 1.66. The normalized spacial score (nSPS) is 10.4. The predicted molar refractivity (Wildman–Crippen MR) is 112 cm³/mol. The zero-order chi connectivity index (χ0) is 19.8. The van der Waals surface area contributed by atoms with Gasteiger partial charge in [0, 0.05) is 25.8 Å². The van der Waals surface area contributed by atoms with Gasteiger partial charge in [0.15, 0.2) is 0 Å². The molecule has 0 saturated carbocycles. The number of hydrogen-bond donors (Lipinski definition) is 1. The average molecular weight is 375 g/mol. The third kappa shape index (κ3) is 5.10. The molecule has 0 saturated heterocycles. The van der Waals surface area contributed by atoms with Crippen LogP contribution in [0.1, 0.15) is 28.4 Å². The van der Waals surface area contributed by atoms with E-state index in [0.29, 0.717) is 12.1 Å². The highest BCUT2D eigenvalue weighted by atomic mass is 16.5. The van der Waals surface area contributed by atoms with Crippen molar-refractivity contribution in [1.82, 2.24) is 10.3 Å². The van der Waals surface area contributed by atoms with Crippen LogP contribution in [0.25, 0.3) is 0 Å². The lowest BCUT2D eigenvalue weighted by Gasteiger charge is -2.23. The molecule has 1 N–H and O–H groups in total. The molecule has 0 spiro atoms. The molecule has 28 heavy (non-hydrogen) atoms. The van der Waals surface area contributed by atoms with Crippen molar-refractivity contribution < 1.29 is 9.53 Å². The van der Waals surface area contributed by atoms with Gasteiger partial charge in [-0.15, -0.1) is 0 Å². The van der Waals surface area contributed by atoms with Crippen molar-refractivity contribution in [2.75, 3.05) is 18.6 Å². The second kappa shape index (κ2) is 9.55. The monoisotopic (exact) mass is 375 g/mol. The molecule has 0 bridgehead atoms. The van der Waals surface area contributed by atoms with Gasteiger partial charge in [-0.3, -0.25) is 9.78 Å². The van der Waals surface area contributed by atoms with Gasteiger partial charge < -0.3 is 15.0 Å². The molecule has 0 radical (unpaired) electrons. The zero-order valence-electron chi connectivity index (χ0n) is 16.3. The molecule has 3 aromatic rings. The van der Waals surface area contributed by atoms with E-state index in [1.54, 1.807) is 19.5 Å². The summed E-state index contributed by atoms with van der Waals surface area (Å²) >= 11 is 0. The van der Waals surface area contributed by atoms with Crippen molar-refractivity contribution in [2.24, 2.45) is 0 Å². The van der Waals surface area contributed by atoms with Gasteiger partial charge in [-0.05, 0) is 36.2 Å². The summed E-state index contributed by atoms with van der Waals surface area (Å²) in [5, 5.41) is 2.95. The molecule has 0 atom stereocenters. The minimum atomic E-state index is -0.138. The molecule has 5 nitrogen and oxygen atoms in total. The van der Waals surface area contributed by atoms with Gasteiger partial charge in [-0.25, -0.2) is 0 Å². The van der Waals surface area contributed by atoms with E-state index in [4.69, 9.17) is 4.74 Å². The van der Waals surface area contributed by atoms with Crippen LogP contribution in [0.3, 0.4) is 0 Å². The van der Waals surface area contributed by atoms with E-state index in [1.165, 1.54) is 5.56 Å². The second-order valence-electron chi connectivity index (χ2n) is 6.46. The summed E-state index contributed by atoms with van der Waals surface area (Å²) in [6.45, 7) is 4.15. The molecule has 5 heteroatoms. The summed E-state index contributed by atoms with van der Waals surface area (Å²) in [7, 11) is 1.63. The second-order valence-corrected chi connectivity index (χ2v) is 6.46. The van der Waals surface area contributed by atoms with Gasteiger partial charge in [0.05, 0.1) is 24.6 Å². The fourth-order valence-corrected chi connectivity index (χ4v) is 2.94. The first-order chi connectivity index (χ1) is 13.7. The highest BCUT2D eigenvalue weighted by molar-refractivity contribution is 5.94. The molecule has 2 aromatic carbocycles. The van der Waals surface area contributed by atoms with Crippen molar-refractivity contribution in [3.63, 3.8) is 0 Å². The largest absolute Gasteiger partial charge is 0.497 e. The number of carbonyl (C=O) groups is 1. The number of aromatic nitrogens is 1. The molecule has 144 valence electrons. The molecule has 1 amide bonds. The number of pyridine rings is 1. The first kappa shape index (κ1) is 19.4. The van der Waals surface area contributed by atoms with Gasteiger partial charge in [0.2, 0.25) is 0 Å². The standard InChI is InChI=1S/C23H25N3O2/c1-3-26(17-19-7-5-4-6-8-19)21-13-20(15-24-16-21)23(27)25-14-18-9-11-22(28-2)12-10-18/h4-13,15-16H,3,14,17H2,1-2H3,(H,25,27). The molecule has 0 aliphatic rings. The van der Waals surface area contributed by atoms with Crippen molar-refractivity contribution in [1.29, 1.82) is 0 Å². The minimum absolute atomic E-state index is 0.138. The smallest absolute Gasteiger partial charge is 0.253 e. The highest BCUT2D eigenvalue weighted by Gasteiger charge is 2.11. The highest BCUT2D eigenvalue weighted by Crippen LogP contribution is 2.18. The number of rotatable bonds is 8. The van der Waals surface area contributed by atoms with Crippen LogP contribution in [0.4, 0.5) is 5.69 Å². The van der Waals surface area contributed by atoms with Gasteiger partial charge >= 0.3 is 0 Å². The Kier molecular flexibility index (Phi) is 6.63. The van der Waals surface area contributed by atoms with Crippen LogP contribution in [0.5, 0.6) is 5.75 Å². The van der Waals surface area contributed by atoms with Crippen LogP contribution in [0.2, 0.25) is 0 Å². The SMILES string of the molecule is CCN(Cc1ccccc1)c1cncc(C(=O)NCc2ccc(OC)cc2)c1. The van der Waals surface area contributed by atoms with E-state index in [2.05, 4.69) is 34.3 Å². The summed E-state index contributed by atoms with van der Waals surface area (Å²) in [5.41, 5.74) is 3.72. The van der Waals surface area contributed by atoms with Crippen LogP contribution < -0.4 is 15.0 Å². The van der Waals surface area contributed by atoms with Crippen LogP contribution in [0.15, 0.2) is 73.1 Å². The maximum absolute atomic E-state index is 12.6. The molecule has 0 aliphatic carbocycles. The van der Waals surface area contributed by atoms with Gasteiger partial charge in [0.1, 0.15) is 5.75 Å². The maximum Gasteiger partial charge on any atom is 0.253 e. The zero-order valence-corrected chi connectivity index (χ0v) is 16.3. The number of nitrogens with zero attached hydrogens (tertiary/aromatic N) is 2. The van der Waals surface area contributed by atoms with E-state index in [9.17, 15) is 4.79 Å². The number of methoxy groups -OCH3 is 1. The number of amides is 1. The van der Waals surface area contributed by atoms with Crippen LogP contribution in [-0.4, -0.2) is 24.5 Å². The molecule has 0 unspecified atom stereocenters. The molecular formula is C23H25N3O2. The van der Waals surface area contributed by atoms with Crippen molar-refractivity contribution in [3.8, 4) is 5.75 Å². The van der Waals surface area contributed by atoms with Crippen molar-refractivity contribution in [2.45, 2.75) is 20.0 Å². The van der Waals surface area contributed by atoms with Crippen molar-refractivity contribution >= 4 is 11.6 Å². The van der Waals surface area contributed by atoms with Crippen LogP contribution in [0, 0.1) is 0 Å². The molecule has 0 aliphatic heterocycles. The summed E-state index contributed by atoms with van der Waals surface area (Å²) < 4.78 is 5.15. The van der Waals surface area contributed by atoms with E-state index in [0.717, 1.165) is 30.1 Å². The number of nitrogens with one attached hydrogen (secondary N) is 1. The Morgan fingerprint density at radius 3 is 2.46 bits per heavy atom. The Bertz CT molecular complexity index is 895. The van der Waals surface area contributed by atoms with Gasteiger partial charge in [-0.2, -0.15) is 0 Å². The fourth-order valence-electron chi connectivity index (χ4n) is 2.94. The Morgan fingerprint density at radius 1 is 1.04 bits per heavy atom. The summed E-state index contributed by atoms with van der Waals surface area (Å²) in [5.74, 6) is 0.658. The number of anilines is 1. The van der Waals surface area contributed by atoms with E-state index in [1.807, 2.05) is 48.5 Å². The van der Waals surface area contributed by atoms with Gasteiger partial charge in [0.25, 0.3) is 5.91 Å². The molecular weight excluding hydrogens is 350 g/mol. The number of carbonyl (C=O) groups excluding carboxylic acids is 1.